The standard InChI is InChI=1S/C58H38N2S/c1-3-12-39(13-4-1)40-22-28-46(29-23-40)59(47-30-24-42(25-31-47)50-20-11-15-41-14-7-8-18-49(41)50)48-32-33-51-53-36-43(26-34-55(53)60(56(51)38-48)45-16-5-2-6-17-45)44-27-35-58-54(37-44)52-19-9-10-21-57(52)61-58/h1-38H. The molecule has 2 aromatic heterocycles. The number of anilines is 3. The third kappa shape index (κ3) is 6.09. The van der Waals surface area contributed by atoms with E-state index in [4.69, 9.17) is 0 Å². The summed E-state index contributed by atoms with van der Waals surface area (Å²) in [5.74, 6) is 0. The van der Waals surface area contributed by atoms with E-state index in [1.807, 2.05) is 11.3 Å². The first-order valence-electron chi connectivity index (χ1n) is 20.8. The fraction of sp³-hybridized carbons (Fsp3) is 0. The first-order valence-corrected chi connectivity index (χ1v) is 21.6. The maximum atomic E-state index is 2.42. The van der Waals surface area contributed by atoms with Crippen LogP contribution in [0.15, 0.2) is 231 Å². The molecule has 0 aliphatic rings. The summed E-state index contributed by atoms with van der Waals surface area (Å²) in [5.41, 5.74) is 14.0. The zero-order valence-electron chi connectivity index (χ0n) is 33.2. The second-order valence-electron chi connectivity index (χ2n) is 15.7. The first kappa shape index (κ1) is 35.2. The molecule has 61 heavy (non-hydrogen) atoms. The van der Waals surface area contributed by atoms with Crippen molar-refractivity contribution in [2.75, 3.05) is 4.90 Å². The van der Waals surface area contributed by atoms with Crippen LogP contribution in [0.1, 0.15) is 0 Å². The van der Waals surface area contributed by atoms with E-state index in [1.165, 1.54) is 80.6 Å². The molecule has 0 radical (unpaired) electrons. The van der Waals surface area contributed by atoms with E-state index in [-0.39, 0.29) is 0 Å². The molecule has 0 atom stereocenters. The highest BCUT2D eigenvalue weighted by Crippen LogP contribution is 2.43. The summed E-state index contributed by atoms with van der Waals surface area (Å²) in [6.07, 6.45) is 0. The van der Waals surface area contributed by atoms with Crippen LogP contribution in [0.4, 0.5) is 17.1 Å². The minimum absolute atomic E-state index is 1.09. The molecule has 2 heterocycles. The van der Waals surface area contributed by atoms with Crippen molar-refractivity contribution in [3.63, 3.8) is 0 Å². The van der Waals surface area contributed by atoms with Crippen LogP contribution in [-0.2, 0) is 0 Å². The number of nitrogens with zero attached hydrogens (tertiary/aromatic N) is 2. The van der Waals surface area contributed by atoms with Gasteiger partial charge in [-0.25, -0.2) is 0 Å². The molecule has 0 unspecified atom stereocenters. The van der Waals surface area contributed by atoms with Gasteiger partial charge in [-0.05, 0) is 123 Å². The van der Waals surface area contributed by atoms with Crippen molar-refractivity contribution in [3.05, 3.63) is 231 Å². The van der Waals surface area contributed by atoms with E-state index in [2.05, 4.69) is 240 Å². The summed E-state index contributed by atoms with van der Waals surface area (Å²) in [4.78, 5) is 2.39. The Morgan fingerprint density at radius 1 is 0.311 bits per heavy atom. The predicted molar refractivity (Wildman–Crippen MR) is 262 cm³/mol. The summed E-state index contributed by atoms with van der Waals surface area (Å²) in [7, 11) is 0. The molecule has 3 heteroatoms. The topological polar surface area (TPSA) is 8.17 Å². The van der Waals surface area contributed by atoms with Gasteiger partial charge in [0, 0.05) is 53.7 Å². The zero-order chi connectivity index (χ0) is 40.3. The van der Waals surface area contributed by atoms with Crippen molar-refractivity contribution >= 4 is 81.1 Å². The largest absolute Gasteiger partial charge is 0.310 e. The van der Waals surface area contributed by atoms with Crippen LogP contribution in [0.3, 0.4) is 0 Å². The number of aromatic nitrogens is 1. The van der Waals surface area contributed by atoms with Gasteiger partial charge in [0.2, 0.25) is 0 Å². The average molecular weight is 795 g/mol. The SMILES string of the molecule is c1ccc(-c2ccc(N(c3ccc(-c4cccc5ccccc45)cc3)c3ccc4c5cc(-c6ccc7sc8ccccc8c7c6)ccc5n(-c5ccccc5)c4c3)cc2)cc1. The zero-order valence-corrected chi connectivity index (χ0v) is 34.1. The molecule has 286 valence electrons. The summed E-state index contributed by atoms with van der Waals surface area (Å²) in [6.45, 7) is 0. The Labute approximate surface area is 358 Å². The number of hydrogen-bond donors (Lipinski definition) is 0. The predicted octanol–water partition coefficient (Wildman–Crippen LogP) is 16.8. The lowest BCUT2D eigenvalue weighted by molar-refractivity contribution is 1.18. The quantitative estimate of drug-likeness (QED) is 0.156. The van der Waals surface area contributed by atoms with Crippen molar-refractivity contribution in [2.24, 2.45) is 0 Å². The van der Waals surface area contributed by atoms with Gasteiger partial charge in [0.05, 0.1) is 11.0 Å². The van der Waals surface area contributed by atoms with E-state index in [0.29, 0.717) is 0 Å². The van der Waals surface area contributed by atoms with E-state index in [0.717, 1.165) is 28.3 Å². The van der Waals surface area contributed by atoms with E-state index < -0.39 is 0 Å². The summed E-state index contributed by atoms with van der Waals surface area (Å²) in [5, 5.41) is 7.59. The van der Waals surface area contributed by atoms with Crippen molar-refractivity contribution in [2.45, 2.75) is 0 Å². The van der Waals surface area contributed by atoms with Gasteiger partial charge in [0.25, 0.3) is 0 Å². The van der Waals surface area contributed by atoms with Crippen LogP contribution in [0.2, 0.25) is 0 Å². The normalized spacial score (nSPS) is 11.6. The van der Waals surface area contributed by atoms with E-state index in [1.54, 1.807) is 0 Å². The molecule has 12 aromatic rings. The van der Waals surface area contributed by atoms with Gasteiger partial charge in [0.15, 0.2) is 0 Å². The molecule has 0 saturated carbocycles. The molecule has 0 saturated heterocycles. The molecule has 0 fully saturated rings. The average Bonchev–Trinajstić information content (AvgIpc) is 3.87. The maximum Gasteiger partial charge on any atom is 0.0561 e. The number of benzene rings is 10. The van der Waals surface area contributed by atoms with Gasteiger partial charge in [-0.2, -0.15) is 0 Å². The fourth-order valence-corrected chi connectivity index (χ4v) is 10.3. The number of thiophene rings is 1. The van der Waals surface area contributed by atoms with Gasteiger partial charge < -0.3 is 9.47 Å². The summed E-state index contributed by atoms with van der Waals surface area (Å²) in [6, 6.07) is 84.2. The van der Waals surface area contributed by atoms with Gasteiger partial charge in [-0.15, -0.1) is 11.3 Å². The highest BCUT2D eigenvalue weighted by Gasteiger charge is 2.19. The first-order chi connectivity index (χ1) is 30.2. The van der Waals surface area contributed by atoms with Crippen molar-refractivity contribution in [1.82, 2.24) is 4.57 Å². The van der Waals surface area contributed by atoms with Crippen LogP contribution < -0.4 is 4.90 Å². The number of hydrogen-bond acceptors (Lipinski definition) is 2. The van der Waals surface area contributed by atoms with Crippen LogP contribution in [0, 0.1) is 0 Å². The molecule has 0 aliphatic heterocycles. The Hall–Kier alpha value is -7.72. The van der Waals surface area contributed by atoms with Gasteiger partial charge in [-0.1, -0.05) is 152 Å². The molecule has 2 nitrogen and oxygen atoms in total. The second-order valence-corrected chi connectivity index (χ2v) is 16.8. The molecule has 12 rings (SSSR count). The van der Waals surface area contributed by atoms with E-state index >= 15 is 0 Å². The number of rotatable bonds is 7. The second kappa shape index (κ2) is 14.5. The Balaban J connectivity index is 1.02. The molecular weight excluding hydrogens is 757 g/mol. The molecule has 0 amide bonds. The Bertz CT molecular complexity index is 3560. The van der Waals surface area contributed by atoms with Crippen molar-refractivity contribution in [1.29, 1.82) is 0 Å². The van der Waals surface area contributed by atoms with Crippen LogP contribution in [0.5, 0.6) is 0 Å². The molecule has 10 aromatic carbocycles. The van der Waals surface area contributed by atoms with Crippen molar-refractivity contribution < 1.29 is 0 Å². The Morgan fingerprint density at radius 3 is 1.67 bits per heavy atom. The Kier molecular flexibility index (Phi) is 8.39. The maximum absolute atomic E-state index is 2.42. The van der Waals surface area contributed by atoms with E-state index in [9.17, 15) is 0 Å². The molecule has 0 spiro atoms. The number of fused-ring (bicyclic) bond motifs is 7. The molecular formula is C58H38N2S. The minimum atomic E-state index is 1.09. The number of para-hydroxylation sites is 1. The third-order valence-corrected chi connectivity index (χ3v) is 13.3. The highest BCUT2D eigenvalue weighted by atomic mass is 32.1. The van der Waals surface area contributed by atoms with Gasteiger partial charge in [0.1, 0.15) is 0 Å². The smallest absolute Gasteiger partial charge is 0.0561 e. The highest BCUT2D eigenvalue weighted by molar-refractivity contribution is 7.25. The molecule has 0 N–H and O–H groups in total. The summed E-state index contributed by atoms with van der Waals surface area (Å²) < 4.78 is 5.07. The third-order valence-electron chi connectivity index (χ3n) is 12.2. The lowest BCUT2D eigenvalue weighted by Crippen LogP contribution is -2.10. The monoisotopic (exact) mass is 794 g/mol. The minimum Gasteiger partial charge on any atom is -0.310 e. The lowest BCUT2D eigenvalue weighted by Gasteiger charge is -2.26. The molecule has 0 aliphatic carbocycles. The van der Waals surface area contributed by atoms with Gasteiger partial charge >= 0.3 is 0 Å². The lowest BCUT2D eigenvalue weighted by atomic mass is 9.98. The van der Waals surface area contributed by atoms with Crippen molar-refractivity contribution in [3.8, 4) is 39.1 Å². The summed E-state index contributed by atoms with van der Waals surface area (Å²) >= 11 is 1.86. The van der Waals surface area contributed by atoms with Crippen LogP contribution in [-0.4, -0.2) is 4.57 Å². The Morgan fingerprint density at radius 2 is 0.885 bits per heavy atom. The fourth-order valence-electron chi connectivity index (χ4n) is 9.24. The van der Waals surface area contributed by atoms with Crippen LogP contribution in [0.25, 0.3) is 91.8 Å². The van der Waals surface area contributed by atoms with Gasteiger partial charge in [-0.3, -0.25) is 0 Å². The molecule has 0 bridgehead atoms. The van der Waals surface area contributed by atoms with Crippen LogP contribution >= 0.6 is 11.3 Å².